The van der Waals surface area contributed by atoms with Crippen molar-refractivity contribution in [3.05, 3.63) is 42.8 Å². The first-order chi connectivity index (χ1) is 7.84. The molecule has 0 saturated carbocycles. The van der Waals surface area contributed by atoms with Crippen LogP contribution in [0.5, 0.6) is 5.75 Å². The Morgan fingerprint density at radius 2 is 2.06 bits per heavy atom. The number of phenolic OH excluding ortho intramolecular Hbond substituents is 1. The lowest BCUT2D eigenvalue weighted by Gasteiger charge is -2.00. The molecule has 0 amide bonds. The number of aromatic hydroxyl groups is 1. The van der Waals surface area contributed by atoms with Gasteiger partial charge in [-0.25, -0.2) is 9.97 Å². The summed E-state index contributed by atoms with van der Waals surface area (Å²) in [5, 5.41) is 9.57. The van der Waals surface area contributed by atoms with Gasteiger partial charge in [0.1, 0.15) is 17.0 Å². The van der Waals surface area contributed by atoms with Gasteiger partial charge in [-0.2, -0.15) is 0 Å². The van der Waals surface area contributed by atoms with Gasteiger partial charge in [-0.15, -0.1) is 0 Å². The number of hydrogen-bond donors (Lipinski definition) is 1. The molecule has 0 spiro atoms. The Balaban J connectivity index is 2.24. The van der Waals surface area contributed by atoms with Gasteiger partial charge in [-0.05, 0) is 24.3 Å². The molecule has 1 N–H and O–H groups in total. The number of fused-ring (bicyclic) bond motifs is 1. The number of aromatic nitrogens is 2. The van der Waals surface area contributed by atoms with Crippen LogP contribution in [0.15, 0.2) is 47.2 Å². The largest absolute Gasteiger partial charge is 0.506 e. The molecule has 2 aromatic heterocycles. The van der Waals surface area contributed by atoms with Crippen LogP contribution in [0.3, 0.4) is 0 Å². The van der Waals surface area contributed by atoms with Crippen LogP contribution in [0.25, 0.3) is 22.5 Å². The van der Waals surface area contributed by atoms with Gasteiger partial charge in [0.05, 0.1) is 18.0 Å². The lowest BCUT2D eigenvalue weighted by molar-refractivity contribution is 0.480. The maximum absolute atomic E-state index is 9.57. The van der Waals surface area contributed by atoms with Crippen LogP contribution in [-0.2, 0) is 0 Å². The van der Waals surface area contributed by atoms with Crippen LogP contribution in [0.4, 0.5) is 0 Å². The minimum Gasteiger partial charge on any atom is -0.506 e. The first-order valence-corrected chi connectivity index (χ1v) is 4.83. The number of phenols is 1. The molecular formula is C12H8N2O2. The first kappa shape index (κ1) is 8.91. The van der Waals surface area contributed by atoms with Crippen molar-refractivity contribution in [2.24, 2.45) is 0 Å². The zero-order chi connectivity index (χ0) is 11.0. The molecule has 4 nitrogen and oxygen atoms in total. The molecule has 0 saturated heterocycles. The lowest BCUT2D eigenvalue weighted by Crippen LogP contribution is -1.87. The van der Waals surface area contributed by atoms with Gasteiger partial charge in [0, 0.05) is 0 Å². The molecule has 3 rings (SSSR count). The van der Waals surface area contributed by atoms with E-state index in [0.29, 0.717) is 22.5 Å². The molecule has 0 aliphatic carbocycles. The second-order valence-electron chi connectivity index (χ2n) is 3.38. The topological polar surface area (TPSA) is 59.2 Å². The average molecular weight is 212 g/mol. The fourth-order valence-corrected chi connectivity index (χ4v) is 1.57. The van der Waals surface area contributed by atoms with Crippen LogP contribution in [0.1, 0.15) is 0 Å². The van der Waals surface area contributed by atoms with Gasteiger partial charge in [0.2, 0.25) is 0 Å². The quantitative estimate of drug-likeness (QED) is 0.673. The fourth-order valence-electron chi connectivity index (χ4n) is 1.57. The summed E-state index contributed by atoms with van der Waals surface area (Å²) in [4.78, 5) is 8.53. The van der Waals surface area contributed by atoms with Crippen LogP contribution in [-0.4, -0.2) is 15.1 Å². The Hall–Kier alpha value is -2.36. The summed E-state index contributed by atoms with van der Waals surface area (Å²) in [6, 6.07) is 8.73. The molecule has 0 bridgehead atoms. The zero-order valence-electron chi connectivity index (χ0n) is 8.29. The van der Waals surface area contributed by atoms with E-state index in [1.54, 1.807) is 36.7 Å². The van der Waals surface area contributed by atoms with E-state index in [9.17, 15) is 5.11 Å². The highest BCUT2D eigenvalue weighted by Crippen LogP contribution is 2.24. The van der Waals surface area contributed by atoms with Gasteiger partial charge in [-0.1, -0.05) is 6.07 Å². The van der Waals surface area contributed by atoms with E-state index in [0.717, 1.165) is 0 Å². The highest BCUT2D eigenvalue weighted by Gasteiger charge is 2.06. The van der Waals surface area contributed by atoms with Crippen LogP contribution in [0, 0.1) is 0 Å². The molecule has 0 radical (unpaired) electrons. The van der Waals surface area contributed by atoms with E-state index < -0.39 is 0 Å². The first-order valence-electron chi connectivity index (χ1n) is 4.83. The van der Waals surface area contributed by atoms with Gasteiger partial charge >= 0.3 is 0 Å². The monoisotopic (exact) mass is 212 g/mol. The Morgan fingerprint density at radius 3 is 2.88 bits per heavy atom. The van der Waals surface area contributed by atoms with Gasteiger partial charge in [0.15, 0.2) is 5.76 Å². The van der Waals surface area contributed by atoms with E-state index in [2.05, 4.69) is 9.97 Å². The summed E-state index contributed by atoms with van der Waals surface area (Å²) < 4.78 is 5.23. The molecule has 0 aliphatic heterocycles. The Bertz CT molecular complexity index is 633. The summed E-state index contributed by atoms with van der Waals surface area (Å²) in [5.74, 6) is 0.800. The zero-order valence-corrected chi connectivity index (χ0v) is 8.29. The van der Waals surface area contributed by atoms with E-state index in [-0.39, 0.29) is 5.75 Å². The smallest absolute Gasteiger partial charge is 0.153 e. The van der Waals surface area contributed by atoms with Gasteiger partial charge in [-0.3, -0.25) is 0 Å². The Morgan fingerprint density at radius 1 is 1.12 bits per heavy atom. The minimum atomic E-state index is 0.135. The third-order valence-electron chi connectivity index (χ3n) is 2.32. The number of para-hydroxylation sites is 1. The van der Waals surface area contributed by atoms with E-state index in [1.807, 2.05) is 6.07 Å². The van der Waals surface area contributed by atoms with Crippen molar-refractivity contribution in [1.29, 1.82) is 0 Å². The molecule has 16 heavy (non-hydrogen) atoms. The van der Waals surface area contributed by atoms with Crippen molar-refractivity contribution in [2.75, 3.05) is 0 Å². The highest BCUT2D eigenvalue weighted by molar-refractivity contribution is 5.81. The molecule has 0 atom stereocenters. The number of rotatable bonds is 1. The SMILES string of the molecule is Oc1cccc2nc(-c3ccco3)cnc12. The summed E-state index contributed by atoms with van der Waals surface area (Å²) in [7, 11) is 0. The number of hydrogen-bond acceptors (Lipinski definition) is 4. The van der Waals surface area contributed by atoms with Crippen LogP contribution >= 0.6 is 0 Å². The molecule has 0 unspecified atom stereocenters. The number of nitrogens with zero attached hydrogens (tertiary/aromatic N) is 2. The van der Waals surface area contributed by atoms with Crippen molar-refractivity contribution in [3.63, 3.8) is 0 Å². The Labute approximate surface area is 91.2 Å². The predicted octanol–water partition coefficient (Wildman–Crippen LogP) is 2.60. The van der Waals surface area contributed by atoms with Gasteiger partial charge < -0.3 is 9.52 Å². The summed E-state index contributed by atoms with van der Waals surface area (Å²) in [6.07, 6.45) is 3.17. The summed E-state index contributed by atoms with van der Waals surface area (Å²) >= 11 is 0. The molecular weight excluding hydrogens is 204 g/mol. The molecule has 0 aliphatic rings. The second kappa shape index (κ2) is 3.34. The Kier molecular flexibility index (Phi) is 1.86. The molecule has 1 aromatic carbocycles. The maximum Gasteiger partial charge on any atom is 0.153 e. The minimum absolute atomic E-state index is 0.135. The van der Waals surface area contributed by atoms with Crippen LogP contribution in [0.2, 0.25) is 0 Å². The van der Waals surface area contributed by atoms with Crippen LogP contribution < -0.4 is 0 Å². The lowest BCUT2D eigenvalue weighted by atomic mass is 10.2. The number of benzene rings is 1. The van der Waals surface area contributed by atoms with E-state index in [4.69, 9.17) is 4.42 Å². The highest BCUT2D eigenvalue weighted by atomic mass is 16.3. The number of furan rings is 1. The van der Waals surface area contributed by atoms with Gasteiger partial charge in [0.25, 0.3) is 0 Å². The molecule has 78 valence electrons. The van der Waals surface area contributed by atoms with Crippen molar-refractivity contribution in [2.45, 2.75) is 0 Å². The second-order valence-corrected chi connectivity index (χ2v) is 3.38. The fraction of sp³-hybridized carbons (Fsp3) is 0. The predicted molar refractivity (Wildman–Crippen MR) is 58.9 cm³/mol. The third kappa shape index (κ3) is 1.32. The maximum atomic E-state index is 9.57. The third-order valence-corrected chi connectivity index (χ3v) is 2.32. The summed E-state index contributed by atoms with van der Waals surface area (Å²) in [5.41, 5.74) is 1.80. The standard InChI is InChI=1S/C12H8N2O2/c15-10-4-1-3-8-12(10)13-7-9(14-8)11-5-2-6-16-11/h1-7,15H. The van der Waals surface area contributed by atoms with E-state index >= 15 is 0 Å². The van der Waals surface area contributed by atoms with Crippen molar-refractivity contribution in [1.82, 2.24) is 9.97 Å². The molecule has 2 heterocycles. The van der Waals surface area contributed by atoms with E-state index in [1.165, 1.54) is 0 Å². The van der Waals surface area contributed by atoms with Crippen molar-refractivity contribution < 1.29 is 9.52 Å². The molecule has 4 heteroatoms. The molecule has 0 fully saturated rings. The van der Waals surface area contributed by atoms with Crippen molar-refractivity contribution >= 4 is 11.0 Å². The average Bonchev–Trinajstić information content (AvgIpc) is 2.82. The molecule has 3 aromatic rings. The summed E-state index contributed by atoms with van der Waals surface area (Å²) in [6.45, 7) is 0. The van der Waals surface area contributed by atoms with Crippen molar-refractivity contribution in [3.8, 4) is 17.2 Å². The normalized spacial score (nSPS) is 10.8.